The van der Waals surface area contributed by atoms with E-state index in [2.05, 4.69) is 29.6 Å². The van der Waals surface area contributed by atoms with Gasteiger partial charge in [0.2, 0.25) is 5.91 Å². The summed E-state index contributed by atoms with van der Waals surface area (Å²) in [5.74, 6) is -0.172. The quantitative estimate of drug-likeness (QED) is 0.691. The van der Waals surface area contributed by atoms with Crippen molar-refractivity contribution in [1.82, 2.24) is 10.2 Å². The Balaban J connectivity index is 1.54. The van der Waals surface area contributed by atoms with Crippen LogP contribution >= 0.6 is 0 Å². The summed E-state index contributed by atoms with van der Waals surface area (Å²) in [5, 5.41) is 24.1. The maximum atomic E-state index is 13.4. The lowest BCUT2D eigenvalue weighted by atomic mass is 9.65. The molecule has 3 aliphatic rings. The Kier molecular flexibility index (Phi) is 4.56. The molecule has 25 heavy (non-hydrogen) atoms. The minimum Gasteiger partial charge on any atom is -0.390 e. The molecule has 1 amide bonds. The molecule has 0 radical (unpaired) electrons. The van der Waals surface area contributed by atoms with E-state index in [1.165, 1.54) is 11.1 Å². The smallest absolute Gasteiger partial charge is 0.226 e. The molecule has 136 valence electrons. The van der Waals surface area contributed by atoms with E-state index in [0.29, 0.717) is 6.54 Å². The Morgan fingerprint density at radius 2 is 1.64 bits per heavy atom. The Hall–Kier alpha value is -1.43. The van der Waals surface area contributed by atoms with Crippen molar-refractivity contribution in [2.75, 3.05) is 26.2 Å². The van der Waals surface area contributed by atoms with Gasteiger partial charge >= 0.3 is 0 Å². The van der Waals surface area contributed by atoms with Crippen molar-refractivity contribution in [3.05, 3.63) is 35.4 Å². The van der Waals surface area contributed by atoms with Gasteiger partial charge in [-0.15, -0.1) is 0 Å². The average molecular weight is 344 g/mol. The second kappa shape index (κ2) is 6.71. The first-order valence-corrected chi connectivity index (χ1v) is 9.50. The second-order valence-electron chi connectivity index (χ2n) is 7.95. The molecule has 5 heteroatoms. The summed E-state index contributed by atoms with van der Waals surface area (Å²) in [6, 6.07) is 8.44. The summed E-state index contributed by atoms with van der Waals surface area (Å²) in [6.07, 6.45) is 0.230. The van der Waals surface area contributed by atoms with Crippen molar-refractivity contribution in [2.45, 2.75) is 32.0 Å². The fourth-order valence-electron chi connectivity index (χ4n) is 5.16. The van der Waals surface area contributed by atoms with Gasteiger partial charge in [0, 0.05) is 31.5 Å². The van der Waals surface area contributed by atoms with Crippen LogP contribution in [0.2, 0.25) is 0 Å². The molecule has 2 fully saturated rings. The summed E-state index contributed by atoms with van der Waals surface area (Å²) < 4.78 is 0. The Morgan fingerprint density at radius 3 is 2.28 bits per heavy atom. The van der Waals surface area contributed by atoms with Gasteiger partial charge in [0.05, 0.1) is 12.2 Å². The molecule has 1 saturated heterocycles. The van der Waals surface area contributed by atoms with Crippen LogP contribution in [-0.2, 0) is 17.6 Å². The Morgan fingerprint density at radius 1 is 1.04 bits per heavy atom. The molecule has 1 aromatic rings. The van der Waals surface area contributed by atoms with Crippen molar-refractivity contribution >= 4 is 5.91 Å². The van der Waals surface area contributed by atoms with Gasteiger partial charge in [-0.3, -0.25) is 4.79 Å². The van der Waals surface area contributed by atoms with Gasteiger partial charge in [0.25, 0.3) is 0 Å². The SMILES string of the molecule is C[C@H]1[C@H](O)[C@@H](O)[C@H]2CNC[C@@H]2[C@H]1C(=O)N1CCc2ccccc2CC1. The highest BCUT2D eigenvalue weighted by atomic mass is 16.3. The number of hydrogen-bond donors (Lipinski definition) is 3. The number of carbonyl (C=O) groups is 1. The van der Waals surface area contributed by atoms with Crippen molar-refractivity contribution in [3.8, 4) is 0 Å². The first-order chi connectivity index (χ1) is 12.1. The zero-order valence-electron chi connectivity index (χ0n) is 14.8. The third-order valence-corrected chi connectivity index (χ3v) is 6.68. The number of aliphatic hydroxyl groups is 2. The van der Waals surface area contributed by atoms with Crippen LogP contribution in [0.15, 0.2) is 24.3 Å². The number of amides is 1. The van der Waals surface area contributed by atoms with E-state index in [9.17, 15) is 15.0 Å². The number of fused-ring (bicyclic) bond motifs is 2. The zero-order valence-corrected chi connectivity index (χ0v) is 14.8. The molecule has 0 aromatic heterocycles. The molecule has 0 bridgehead atoms. The largest absolute Gasteiger partial charge is 0.390 e. The molecular formula is C20H28N2O3. The van der Waals surface area contributed by atoms with Crippen LogP contribution in [0.25, 0.3) is 0 Å². The topological polar surface area (TPSA) is 72.8 Å². The van der Waals surface area contributed by atoms with Crippen LogP contribution in [0.3, 0.4) is 0 Å². The highest BCUT2D eigenvalue weighted by Crippen LogP contribution is 2.42. The minimum absolute atomic E-state index is 0.0238. The Labute approximate surface area is 149 Å². The fourth-order valence-corrected chi connectivity index (χ4v) is 5.16. The van der Waals surface area contributed by atoms with Gasteiger partial charge in [0.1, 0.15) is 0 Å². The van der Waals surface area contributed by atoms with Crippen molar-refractivity contribution < 1.29 is 15.0 Å². The van der Waals surface area contributed by atoms with Gasteiger partial charge in [0.15, 0.2) is 0 Å². The van der Waals surface area contributed by atoms with E-state index in [4.69, 9.17) is 0 Å². The second-order valence-corrected chi connectivity index (χ2v) is 7.95. The summed E-state index contributed by atoms with van der Waals surface area (Å²) in [6.45, 7) is 4.83. The molecule has 2 aliphatic heterocycles. The molecule has 4 rings (SSSR count). The van der Waals surface area contributed by atoms with Crippen LogP contribution in [0.4, 0.5) is 0 Å². The molecule has 1 saturated carbocycles. The summed E-state index contributed by atoms with van der Waals surface area (Å²) in [7, 11) is 0. The molecule has 6 atom stereocenters. The molecule has 1 aliphatic carbocycles. The Bertz CT molecular complexity index is 623. The highest BCUT2D eigenvalue weighted by Gasteiger charge is 2.52. The standard InChI is InChI=1S/C20H28N2O3/c1-12-17(15-10-21-11-16(15)19(24)18(12)23)20(25)22-8-6-13-4-2-3-5-14(13)7-9-22/h2-5,12,15-19,21,23-24H,6-11H2,1H3/t12-,15+,16+,17+,18+,19+/m1/s1. The average Bonchev–Trinajstić information content (AvgIpc) is 2.99. The lowest BCUT2D eigenvalue weighted by Gasteiger charge is -2.44. The maximum Gasteiger partial charge on any atom is 0.226 e. The number of hydrogen-bond acceptors (Lipinski definition) is 4. The zero-order chi connectivity index (χ0) is 17.6. The molecule has 1 aromatic carbocycles. The van der Waals surface area contributed by atoms with Crippen LogP contribution < -0.4 is 5.32 Å². The van der Waals surface area contributed by atoms with Crippen molar-refractivity contribution in [2.24, 2.45) is 23.7 Å². The van der Waals surface area contributed by atoms with E-state index in [1.807, 2.05) is 11.8 Å². The molecule has 0 spiro atoms. The monoisotopic (exact) mass is 344 g/mol. The van der Waals surface area contributed by atoms with Gasteiger partial charge in [-0.25, -0.2) is 0 Å². The molecular weight excluding hydrogens is 316 g/mol. The van der Waals surface area contributed by atoms with Crippen molar-refractivity contribution in [3.63, 3.8) is 0 Å². The number of benzene rings is 1. The minimum atomic E-state index is -0.820. The van der Waals surface area contributed by atoms with Crippen molar-refractivity contribution in [1.29, 1.82) is 0 Å². The van der Waals surface area contributed by atoms with Gasteiger partial charge in [-0.05, 0) is 42.3 Å². The first-order valence-electron chi connectivity index (χ1n) is 9.50. The number of carbonyl (C=O) groups excluding carboxylic acids is 1. The number of aliphatic hydroxyl groups excluding tert-OH is 2. The normalized spacial score (nSPS) is 38.0. The number of rotatable bonds is 1. The summed E-state index contributed by atoms with van der Waals surface area (Å²) in [5.41, 5.74) is 2.68. The van der Waals surface area contributed by atoms with Crippen LogP contribution in [0, 0.1) is 23.7 Å². The van der Waals surface area contributed by atoms with E-state index in [0.717, 1.165) is 32.5 Å². The number of nitrogens with one attached hydrogen (secondary N) is 1. The number of nitrogens with zero attached hydrogens (tertiary/aromatic N) is 1. The van der Waals surface area contributed by atoms with Crippen LogP contribution in [0.5, 0.6) is 0 Å². The third-order valence-electron chi connectivity index (χ3n) is 6.68. The van der Waals surface area contributed by atoms with E-state index >= 15 is 0 Å². The molecule has 0 unspecified atom stereocenters. The lowest BCUT2D eigenvalue weighted by Crippen LogP contribution is -2.56. The van der Waals surface area contributed by atoms with Gasteiger partial charge < -0.3 is 20.4 Å². The predicted molar refractivity (Wildman–Crippen MR) is 94.9 cm³/mol. The van der Waals surface area contributed by atoms with Gasteiger partial charge in [-0.1, -0.05) is 31.2 Å². The molecule has 3 N–H and O–H groups in total. The highest BCUT2D eigenvalue weighted by molar-refractivity contribution is 5.80. The summed E-state index contributed by atoms with van der Waals surface area (Å²) >= 11 is 0. The molecule has 2 heterocycles. The van der Waals surface area contributed by atoms with Gasteiger partial charge in [-0.2, -0.15) is 0 Å². The molecule has 5 nitrogen and oxygen atoms in total. The van der Waals surface area contributed by atoms with E-state index < -0.39 is 12.2 Å². The predicted octanol–water partition coefficient (Wildman–Crippen LogP) is 0.437. The summed E-state index contributed by atoms with van der Waals surface area (Å²) in [4.78, 5) is 15.4. The lowest BCUT2D eigenvalue weighted by molar-refractivity contribution is -0.155. The maximum absolute atomic E-state index is 13.4. The third kappa shape index (κ3) is 2.88. The van der Waals surface area contributed by atoms with Crippen LogP contribution in [-0.4, -0.2) is 59.4 Å². The van der Waals surface area contributed by atoms with Crippen LogP contribution in [0.1, 0.15) is 18.1 Å². The first kappa shape index (κ1) is 17.0. The van der Waals surface area contributed by atoms with E-state index in [-0.39, 0.29) is 29.6 Å². The van der Waals surface area contributed by atoms with E-state index in [1.54, 1.807) is 0 Å². The fraction of sp³-hybridized carbons (Fsp3) is 0.650.